The SMILES string of the molecule is Cc1ccc(-c2ccc(N(c3cc(N)c4nccn4n3)C3CCC(N)CC3)cc2)cc1. The minimum atomic E-state index is 0.288. The average molecular weight is 413 g/mol. The molecule has 158 valence electrons. The van der Waals surface area contributed by atoms with E-state index < -0.39 is 0 Å². The lowest BCUT2D eigenvalue weighted by atomic mass is 9.90. The molecule has 2 aromatic carbocycles. The van der Waals surface area contributed by atoms with Crippen molar-refractivity contribution >= 4 is 22.8 Å². The highest BCUT2D eigenvalue weighted by atomic mass is 15.3. The third-order valence-corrected chi connectivity index (χ3v) is 6.26. The molecule has 31 heavy (non-hydrogen) atoms. The minimum absolute atomic E-state index is 0.288. The second kappa shape index (κ2) is 8.04. The van der Waals surface area contributed by atoms with E-state index in [9.17, 15) is 0 Å². The number of fused-ring (bicyclic) bond motifs is 1. The highest BCUT2D eigenvalue weighted by Gasteiger charge is 2.27. The Labute approximate surface area is 182 Å². The van der Waals surface area contributed by atoms with E-state index in [0.29, 0.717) is 17.4 Å². The van der Waals surface area contributed by atoms with E-state index >= 15 is 0 Å². The number of anilines is 3. The lowest BCUT2D eigenvalue weighted by molar-refractivity contribution is 0.389. The smallest absolute Gasteiger partial charge is 0.176 e. The van der Waals surface area contributed by atoms with Crippen LogP contribution in [-0.4, -0.2) is 26.7 Å². The van der Waals surface area contributed by atoms with Crippen molar-refractivity contribution in [2.75, 3.05) is 10.6 Å². The van der Waals surface area contributed by atoms with E-state index in [4.69, 9.17) is 16.6 Å². The molecule has 6 heteroatoms. The summed E-state index contributed by atoms with van der Waals surface area (Å²) in [6.07, 6.45) is 7.67. The molecule has 6 nitrogen and oxygen atoms in total. The second-order valence-electron chi connectivity index (χ2n) is 8.50. The van der Waals surface area contributed by atoms with E-state index in [-0.39, 0.29) is 6.04 Å². The molecule has 2 heterocycles. The first-order valence-electron chi connectivity index (χ1n) is 10.9. The molecule has 0 unspecified atom stereocenters. The van der Waals surface area contributed by atoms with Crippen LogP contribution in [0.4, 0.5) is 17.2 Å². The van der Waals surface area contributed by atoms with Crippen LogP contribution in [0.2, 0.25) is 0 Å². The molecule has 4 aromatic rings. The van der Waals surface area contributed by atoms with Crippen LogP contribution in [0.5, 0.6) is 0 Å². The Hall–Kier alpha value is -3.38. The molecular weight excluding hydrogens is 384 g/mol. The molecule has 0 saturated heterocycles. The van der Waals surface area contributed by atoms with Crippen LogP contribution in [0.1, 0.15) is 31.2 Å². The first-order chi connectivity index (χ1) is 15.1. The molecule has 4 N–H and O–H groups in total. The van der Waals surface area contributed by atoms with E-state index in [1.165, 1.54) is 16.7 Å². The van der Waals surface area contributed by atoms with Gasteiger partial charge in [0.05, 0.1) is 5.69 Å². The normalized spacial score (nSPS) is 18.9. The monoisotopic (exact) mass is 412 g/mol. The fourth-order valence-electron chi connectivity index (χ4n) is 4.50. The molecule has 0 bridgehead atoms. The third kappa shape index (κ3) is 3.86. The summed E-state index contributed by atoms with van der Waals surface area (Å²) >= 11 is 0. The fraction of sp³-hybridized carbons (Fsp3) is 0.280. The molecule has 0 atom stereocenters. The van der Waals surface area contributed by atoms with Crippen LogP contribution in [-0.2, 0) is 0 Å². The van der Waals surface area contributed by atoms with Gasteiger partial charge in [0, 0.05) is 36.2 Å². The lowest BCUT2D eigenvalue weighted by Crippen LogP contribution is -2.39. The minimum Gasteiger partial charge on any atom is -0.396 e. The zero-order valence-corrected chi connectivity index (χ0v) is 17.8. The lowest BCUT2D eigenvalue weighted by Gasteiger charge is -2.37. The Kier molecular flexibility index (Phi) is 5.08. The molecule has 0 spiro atoms. The average Bonchev–Trinajstić information content (AvgIpc) is 3.26. The maximum absolute atomic E-state index is 6.31. The fourth-order valence-corrected chi connectivity index (χ4v) is 4.50. The highest BCUT2D eigenvalue weighted by molar-refractivity contribution is 5.73. The molecule has 2 aromatic heterocycles. The maximum atomic E-state index is 6.31. The number of nitrogens with zero attached hydrogens (tertiary/aromatic N) is 4. The molecule has 1 aliphatic carbocycles. The summed E-state index contributed by atoms with van der Waals surface area (Å²) in [7, 11) is 0. The van der Waals surface area contributed by atoms with Gasteiger partial charge in [-0.05, 0) is 55.9 Å². The Balaban J connectivity index is 1.54. The van der Waals surface area contributed by atoms with E-state index in [1.54, 1.807) is 10.7 Å². The first kappa shape index (κ1) is 19.6. The predicted molar refractivity (Wildman–Crippen MR) is 126 cm³/mol. The summed E-state index contributed by atoms with van der Waals surface area (Å²) in [5, 5.41) is 4.83. The van der Waals surface area contributed by atoms with Crippen molar-refractivity contribution in [2.45, 2.75) is 44.7 Å². The van der Waals surface area contributed by atoms with Gasteiger partial charge < -0.3 is 16.4 Å². The van der Waals surface area contributed by atoms with Gasteiger partial charge in [0.2, 0.25) is 0 Å². The number of aromatic nitrogens is 3. The largest absolute Gasteiger partial charge is 0.396 e. The topological polar surface area (TPSA) is 85.5 Å². The van der Waals surface area contributed by atoms with E-state index in [1.807, 2.05) is 12.3 Å². The number of aryl methyl sites for hydroxylation is 1. The molecule has 0 radical (unpaired) electrons. The van der Waals surface area contributed by atoms with Crippen molar-refractivity contribution < 1.29 is 0 Å². The number of rotatable bonds is 4. The summed E-state index contributed by atoms with van der Waals surface area (Å²) in [6.45, 7) is 2.11. The van der Waals surface area contributed by atoms with Gasteiger partial charge in [-0.1, -0.05) is 42.0 Å². The highest BCUT2D eigenvalue weighted by Crippen LogP contribution is 2.35. The van der Waals surface area contributed by atoms with Crippen LogP contribution in [0.25, 0.3) is 16.8 Å². The number of nitrogens with two attached hydrogens (primary N) is 2. The Morgan fingerprint density at radius 1 is 0.935 bits per heavy atom. The van der Waals surface area contributed by atoms with Gasteiger partial charge in [-0.15, -0.1) is 5.10 Å². The second-order valence-corrected chi connectivity index (χ2v) is 8.50. The molecule has 1 aliphatic rings. The molecular formula is C25H28N6. The zero-order valence-electron chi connectivity index (χ0n) is 17.8. The van der Waals surface area contributed by atoms with Gasteiger partial charge in [-0.25, -0.2) is 9.50 Å². The van der Waals surface area contributed by atoms with E-state index in [2.05, 4.69) is 65.3 Å². The Bertz CT molecular complexity index is 1170. The van der Waals surface area contributed by atoms with Crippen molar-refractivity contribution in [1.82, 2.24) is 14.6 Å². The molecule has 1 saturated carbocycles. The molecule has 1 fully saturated rings. The standard InChI is InChI=1S/C25H28N6/c1-17-2-4-18(5-3-17)19-6-10-21(11-7-19)31(22-12-8-20(26)9-13-22)24-16-23(27)25-28-14-15-30(25)29-24/h2-7,10-11,14-16,20,22H,8-9,12-13,26-27H2,1H3. The van der Waals surface area contributed by atoms with Crippen molar-refractivity contribution in [3.63, 3.8) is 0 Å². The van der Waals surface area contributed by atoms with Gasteiger partial charge in [0.1, 0.15) is 0 Å². The van der Waals surface area contributed by atoms with Gasteiger partial charge in [0.15, 0.2) is 11.5 Å². The predicted octanol–water partition coefficient (Wildman–Crippen LogP) is 4.69. The van der Waals surface area contributed by atoms with Crippen molar-refractivity contribution in [3.05, 3.63) is 72.6 Å². The molecule has 0 aliphatic heterocycles. The summed E-state index contributed by atoms with van der Waals surface area (Å²) in [6, 6.07) is 19.9. The number of hydrogen-bond acceptors (Lipinski definition) is 5. The number of hydrogen-bond donors (Lipinski definition) is 2. The van der Waals surface area contributed by atoms with Crippen molar-refractivity contribution in [1.29, 1.82) is 0 Å². The van der Waals surface area contributed by atoms with Crippen LogP contribution in [0, 0.1) is 6.92 Å². The number of nitrogen functional groups attached to an aromatic ring is 1. The molecule has 5 rings (SSSR count). The first-order valence-corrected chi connectivity index (χ1v) is 10.9. The Morgan fingerprint density at radius 3 is 2.26 bits per heavy atom. The van der Waals surface area contributed by atoms with Crippen LogP contribution >= 0.6 is 0 Å². The summed E-state index contributed by atoms with van der Waals surface area (Å²) < 4.78 is 1.76. The quantitative estimate of drug-likeness (QED) is 0.508. The number of benzene rings is 2. The Morgan fingerprint density at radius 2 is 1.58 bits per heavy atom. The third-order valence-electron chi connectivity index (χ3n) is 6.26. The van der Waals surface area contributed by atoms with Crippen molar-refractivity contribution in [3.8, 4) is 11.1 Å². The summed E-state index contributed by atoms with van der Waals surface area (Å²) in [4.78, 5) is 6.63. The van der Waals surface area contributed by atoms with Crippen LogP contribution in [0.3, 0.4) is 0 Å². The molecule has 0 amide bonds. The van der Waals surface area contributed by atoms with Crippen LogP contribution in [0.15, 0.2) is 67.0 Å². The summed E-state index contributed by atoms with van der Waals surface area (Å²) in [5.74, 6) is 0.839. The van der Waals surface area contributed by atoms with Gasteiger partial charge >= 0.3 is 0 Å². The number of imidazole rings is 1. The van der Waals surface area contributed by atoms with Crippen LogP contribution < -0.4 is 16.4 Å². The van der Waals surface area contributed by atoms with Crippen molar-refractivity contribution in [2.24, 2.45) is 5.73 Å². The van der Waals surface area contributed by atoms with E-state index in [0.717, 1.165) is 37.2 Å². The maximum Gasteiger partial charge on any atom is 0.176 e. The zero-order chi connectivity index (χ0) is 21.4. The van der Waals surface area contributed by atoms with Gasteiger partial charge in [-0.3, -0.25) is 0 Å². The van der Waals surface area contributed by atoms with Gasteiger partial charge in [0.25, 0.3) is 0 Å². The summed E-state index contributed by atoms with van der Waals surface area (Å²) in [5.41, 5.74) is 18.6. The van der Waals surface area contributed by atoms with Gasteiger partial charge in [-0.2, -0.15) is 0 Å².